The van der Waals surface area contributed by atoms with E-state index < -0.39 is 11.7 Å². The van der Waals surface area contributed by atoms with Crippen molar-refractivity contribution in [2.24, 2.45) is 0 Å². The summed E-state index contributed by atoms with van der Waals surface area (Å²) in [6, 6.07) is 14.3. The van der Waals surface area contributed by atoms with Crippen molar-refractivity contribution in [1.29, 1.82) is 5.26 Å². The third kappa shape index (κ3) is 4.68. The van der Waals surface area contributed by atoms with Crippen molar-refractivity contribution in [3.8, 4) is 11.8 Å². The topological polar surface area (TPSA) is 62.1 Å². The zero-order valence-corrected chi connectivity index (χ0v) is 12.5. The first kappa shape index (κ1) is 16.2. The van der Waals surface area contributed by atoms with E-state index in [1.807, 2.05) is 13.0 Å². The number of nitriles is 1. The Kier molecular flexibility index (Phi) is 5.48. The normalized spacial score (nSPS) is 10.7. The molecule has 1 N–H and O–H groups in total. The highest BCUT2D eigenvalue weighted by molar-refractivity contribution is 6.09. The van der Waals surface area contributed by atoms with Gasteiger partial charge in [-0.3, -0.25) is 4.79 Å². The summed E-state index contributed by atoms with van der Waals surface area (Å²) in [5, 5.41) is 11.7. The molecule has 116 valence electrons. The molecule has 0 aliphatic rings. The van der Waals surface area contributed by atoms with Gasteiger partial charge in [0.2, 0.25) is 0 Å². The van der Waals surface area contributed by atoms with Gasteiger partial charge in [0.1, 0.15) is 23.2 Å². The molecular weight excluding hydrogens is 295 g/mol. The van der Waals surface area contributed by atoms with Gasteiger partial charge in [-0.05, 0) is 55.0 Å². The molecule has 5 heteroatoms. The number of carbonyl (C=O) groups excluding carboxylic acids is 1. The third-order valence-electron chi connectivity index (χ3n) is 2.95. The second-order valence-corrected chi connectivity index (χ2v) is 4.64. The minimum Gasteiger partial charge on any atom is -0.494 e. The van der Waals surface area contributed by atoms with Gasteiger partial charge in [-0.2, -0.15) is 5.26 Å². The number of anilines is 1. The average Bonchev–Trinajstić information content (AvgIpc) is 2.54. The van der Waals surface area contributed by atoms with Crippen LogP contribution in [0.2, 0.25) is 0 Å². The van der Waals surface area contributed by atoms with Crippen LogP contribution in [0.5, 0.6) is 5.75 Å². The van der Waals surface area contributed by atoms with Gasteiger partial charge in [-0.15, -0.1) is 0 Å². The van der Waals surface area contributed by atoms with Gasteiger partial charge in [0.05, 0.1) is 6.61 Å². The van der Waals surface area contributed by atoms with Gasteiger partial charge in [0, 0.05) is 5.69 Å². The summed E-state index contributed by atoms with van der Waals surface area (Å²) in [5.74, 6) is -0.287. The maximum atomic E-state index is 13.1. The number of carbonyl (C=O) groups is 1. The Morgan fingerprint density at radius 3 is 2.65 bits per heavy atom. The van der Waals surface area contributed by atoms with E-state index in [0.29, 0.717) is 23.6 Å². The van der Waals surface area contributed by atoms with Crippen molar-refractivity contribution in [2.45, 2.75) is 6.92 Å². The first-order chi connectivity index (χ1) is 11.1. The Morgan fingerprint density at radius 1 is 1.30 bits per heavy atom. The lowest BCUT2D eigenvalue weighted by Gasteiger charge is -2.06. The van der Waals surface area contributed by atoms with E-state index in [9.17, 15) is 9.18 Å². The summed E-state index contributed by atoms with van der Waals surface area (Å²) >= 11 is 0. The van der Waals surface area contributed by atoms with Crippen LogP contribution in [-0.4, -0.2) is 12.5 Å². The smallest absolute Gasteiger partial charge is 0.266 e. The highest BCUT2D eigenvalue weighted by atomic mass is 19.1. The molecule has 2 aromatic carbocycles. The number of amides is 1. The molecule has 2 aromatic rings. The minimum atomic E-state index is -0.555. The van der Waals surface area contributed by atoms with E-state index in [-0.39, 0.29) is 5.57 Å². The summed E-state index contributed by atoms with van der Waals surface area (Å²) in [7, 11) is 0. The standard InChI is InChI=1S/C18H15FN2O2/c1-2-23-17-8-6-16(7-9-17)21-18(22)14(12-20)10-13-4-3-5-15(19)11-13/h3-11H,2H2,1H3,(H,21,22)/b14-10-. The van der Waals surface area contributed by atoms with Crippen LogP contribution in [0.25, 0.3) is 6.08 Å². The van der Waals surface area contributed by atoms with Crippen LogP contribution < -0.4 is 10.1 Å². The van der Waals surface area contributed by atoms with Crippen LogP contribution >= 0.6 is 0 Å². The fourth-order valence-electron chi connectivity index (χ4n) is 1.91. The molecule has 0 atom stereocenters. The summed E-state index contributed by atoms with van der Waals surface area (Å²) in [5.41, 5.74) is 0.881. The van der Waals surface area contributed by atoms with Crippen LogP contribution in [0.15, 0.2) is 54.1 Å². The number of benzene rings is 2. The molecule has 2 rings (SSSR count). The molecule has 0 unspecified atom stereocenters. The summed E-state index contributed by atoms with van der Waals surface area (Å²) in [6.07, 6.45) is 1.34. The molecule has 0 aliphatic heterocycles. The lowest BCUT2D eigenvalue weighted by atomic mass is 10.1. The quantitative estimate of drug-likeness (QED) is 0.675. The fraction of sp³-hybridized carbons (Fsp3) is 0.111. The van der Waals surface area contributed by atoms with Crippen LogP contribution in [0, 0.1) is 17.1 Å². The van der Waals surface area contributed by atoms with Crippen LogP contribution in [0.3, 0.4) is 0 Å². The monoisotopic (exact) mass is 310 g/mol. The van der Waals surface area contributed by atoms with Crippen molar-refractivity contribution in [3.63, 3.8) is 0 Å². The average molecular weight is 310 g/mol. The molecule has 4 nitrogen and oxygen atoms in total. The lowest BCUT2D eigenvalue weighted by molar-refractivity contribution is -0.112. The van der Waals surface area contributed by atoms with Crippen molar-refractivity contribution in [1.82, 2.24) is 0 Å². The number of hydrogen-bond donors (Lipinski definition) is 1. The van der Waals surface area contributed by atoms with E-state index in [0.717, 1.165) is 0 Å². The third-order valence-corrected chi connectivity index (χ3v) is 2.95. The first-order valence-electron chi connectivity index (χ1n) is 7.04. The molecule has 0 spiro atoms. The molecule has 0 aliphatic carbocycles. The Bertz CT molecular complexity index is 761. The number of nitrogens with zero attached hydrogens (tertiary/aromatic N) is 1. The molecule has 0 fully saturated rings. The Balaban J connectivity index is 2.12. The number of hydrogen-bond acceptors (Lipinski definition) is 3. The minimum absolute atomic E-state index is 0.107. The van der Waals surface area contributed by atoms with E-state index >= 15 is 0 Å². The largest absolute Gasteiger partial charge is 0.494 e. The molecule has 0 bridgehead atoms. The summed E-state index contributed by atoms with van der Waals surface area (Å²) in [4.78, 5) is 12.1. The summed E-state index contributed by atoms with van der Waals surface area (Å²) in [6.45, 7) is 2.44. The predicted molar refractivity (Wildman–Crippen MR) is 86.2 cm³/mol. The maximum Gasteiger partial charge on any atom is 0.266 e. The van der Waals surface area contributed by atoms with Crippen molar-refractivity contribution < 1.29 is 13.9 Å². The molecule has 0 radical (unpaired) electrons. The number of nitrogens with one attached hydrogen (secondary N) is 1. The maximum absolute atomic E-state index is 13.1. The molecule has 1 amide bonds. The molecule has 0 saturated carbocycles. The highest BCUT2D eigenvalue weighted by Gasteiger charge is 2.09. The highest BCUT2D eigenvalue weighted by Crippen LogP contribution is 2.17. The van der Waals surface area contributed by atoms with Gasteiger partial charge < -0.3 is 10.1 Å². The number of ether oxygens (including phenoxy) is 1. The zero-order valence-electron chi connectivity index (χ0n) is 12.5. The number of halogens is 1. The Hall–Kier alpha value is -3.13. The second kappa shape index (κ2) is 7.76. The molecular formula is C18H15FN2O2. The van der Waals surface area contributed by atoms with Crippen LogP contribution in [-0.2, 0) is 4.79 Å². The molecule has 23 heavy (non-hydrogen) atoms. The van der Waals surface area contributed by atoms with E-state index in [1.54, 1.807) is 30.3 Å². The zero-order chi connectivity index (χ0) is 16.7. The van der Waals surface area contributed by atoms with Gasteiger partial charge in [0.15, 0.2) is 0 Å². The van der Waals surface area contributed by atoms with Crippen molar-refractivity contribution >= 4 is 17.7 Å². The molecule has 0 aromatic heterocycles. The lowest BCUT2D eigenvalue weighted by Crippen LogP contribution is -2.13. The van der Waals surface area contributed by atoms with Crippen LogP contribution in [0.4, 0.5) is 10.1 Å². The molecule has 0 saturated heterocycles. The van der Waals surface area contributed by atoms with E-state index in [2.05, 4.69) is 5.32 Å². The Labute approximate surface area is 133 Å². The van der Waals surface area contributed by atoms with Crippen molar-refractivity contribution in [2.75, 3.05) is 11.9 Å². The Morgan fingerprint density at radius 2 is 2.04 bits per heavy atom. The number of rotatable bonds is 5. The van der Waals surface area contributed by atoms with E-state index in [4.69, 9.17) is 10.00 Å². The van der Waals surface area contributed by atoms with Gasteiger partial charge >= 0.3 is 0 Å². The summed E-state index contributed by atoms with van der Waals surface area (Å²) < 4.78 is 18.5. The van der Waals surface area contributed by atoms with Crippen molar-refractivity contribution in [3.05, 3.63) is 65.5 Å². The SMILES string of the molecule is CCOc1ccc(NC(=O)/C(C#N)=C\c2cccc(F)c2)cc1. The fourth-order valence-corrected chi connectivity index (χ4v) is 1.91. The second-order valence-electron chi connectivity index (χ2n) is 4.64. The first-order valence-corrected chi connectivity index (χ1v) is 7.04. The predicted octanol–water partition coefficient (Wildman–Crippen LogP) is 3.77. The van der Waals surface area contributed by atoms with Gasteiger partial charge in [-0.1, -0.05) is 12.1 Å². The van der Waals surface area contributed by atoms with E-state index in [1.165, 1.54) is 24.3 Å². The van der Waals surface area contributed by atoms with Crippen LogP contribution in [0.1, 0.15) is 12.5 Å². The van der Waals surface area contributed by atoms with Gasteiger partial charge in [0.25, 0.3) is 5.91 Å². The molecule has 0 heterocycles. The van der Waals surface area contributed by atoms with Gasteiger partial charge in [-0.25, -0.2) is 4.39 Å².